The van der Waals surface area contributed by atoms with Crippen molar-refractivity contribution in [1.82, 2.24) is 0 Å². The zero-order valence-corrected chi connectivity index (χ0v) is 9.25. The number of hydrogen-bond donors (Lipinski definition) is 0. The molecule has 0 bridgehead atoms. The van der Waals surface area contributed by atoms with E-state index in [9.17, 15) is 0 Å². The molecule has 1 aromatic rings. The van der Waals surface area contributed by atoms with Gasteiger partial charge < -0.3 is 0 Å². The molecule has 13 heavy (non-hydrogen) atoms. The van der Waals surface area contributed by atoms with Crippen molar-refractivity contribution in [3.05, 3.63) is 41.5 Å². The van der Waals surface area contributed by atoms with Crippen LogP contribution in [0.3, 0.4) is 0 Å². The molecular formula is C11H12LiSi+. The van der Waals surface area contributed by atoms with Gasteiger partial charge in [-0.3, -0.25) is 0 Å². The van der Waals surface area contributed by atoms with Crippen LogP contribution in [0.5, 0.6) is 0 Å². The molecule has 0 saturated carbocycles. The van der Waals surface area contributed by atoms with Gasteiger partial charge in [0.05, 0.1) is 9.52 Å². The Labute approximate surface area is 94.4 Å². The summed E-state index contributed by atoms with van der Waals surface area (Å²) in [7, 11) is 1.05. The first-order valence-electron chi connectivity index (χ1n) is 4.42. The molecule has 0 fully saturated rings. The van der Waals surface area contributed by atoms with Crippen molar-refractivity contribution in [1.29, 1.82) is 0 Å². The SMILES string of the molecule is CC[Si]C1C=Cc2ccccc21.[Li+]. The second-order valence-corrected chi connectivity index (χ2v) is 4.76. The molecule has 0 nitrogen and oxygen atoms in total. The molecule has 1 atom stereocenters. The van der Waals surface area contributed by atoms with Crippen LogP contribution in [0.15, 0.2) is 30.3 Å². The van der Waals surface area contributed by atoms with Crippen LogP contribution in [-0.4, -0.2) is 9.52 Å². The summed E-state index contributed by atoms with van der Waals surface area (Å²) in [5, 5.41) is 0. The molecule has 0 saturated heterocycles. The molecule has 1 aromatic carbocycles. The van der Waals surface area contributed by atoms with Crippen molar-refractivity contribution < 1.29 is 18.9 Å². The molecule has 60 valence electrons. The Morgan fingerprint density at radius 3 is 2.85 bits per heavy atom. The van der Waals surface area contributed by atoms with Crippen LogP contribution in [-0.2, 0) is 0 Å². The third-order valence-electron chi connectivity index (χ3n) is 2.22. The molecule has 0 amide bonds. The van der Waals surface area contributed by atoms with Gasteiger partial charge in [-0.05, 0) is 16.7 Å². The standard InChI is InChI=1S/C11H12Si.Li/c1-2-12-11-8-7-9-5-3-4-6-10(9)11;/h3-8,11H,2H2,1H3;/q;+1. The molecule has 0 aromatic heterocycles. The molecule has 1 aliphatic carbocycles. The Morgan fingerprint density at radius 1 is 1.31 bits per heavy atom. The molecule has 0 spiro atoms. The van der Waals surface area contributed by atoms with E-state index in [4.69, 9.17) is 0 Å². The van der Waals surface area contributed by atoms with Gasteiger partial charge in [0.2, 0.25) is 0 Å². The molecule has 0 aliphatic heterocycles. The molecule has 1 unspecified atom stereocenters. The maximum absolute atomic E-state index is 2.34. The van der Waals surface area contributed by atoms with Gasteiger partial charge in [-0.1, -0.05) is 49.4 Å². The van der Waals surface area contributed by atoms with Gasteiger partial charge in [0.15, 0.2) is 0 Å². The second-order valence-electron chi connectivity index (χ2n) is 3.02. The van der Waals surface area contributed by atoms with E-state index in [0.717, 1.165) is 9.52 Å². The van der Waals surface area contributed by atoms with Crippen LogP contribution >= 0.6 is 0 Å². The molecule has 2 rings (SSSR count). The van der Waals surface area contributed by atoms with Crippen molar-refractivity contribution in [2.75, 3.05) is 0 Å². The van der Waals surface area contributed by atoms with E-state index in [-0.39, 0.29) is 18.9 Å². The summed E-state index contributed by atoms with van der Waals surface area (Å²) in [6.45, 7) is 2.26. The summed E-state index contributed by atoms with van der Waals surface area (Å²) in [5.41, 5.74) is 3.66. The molecule has 1 aliphatic rings. The summed E-state index contributed by atoms with van der Waals surface area (Å²) < 4.78 is 0. The Morgan fingerprint density at radius 2 is 2.08 bits per heavy atom. The Balaban J connectivity index is 0.000000845. The smallest absolute Gasteiger partial charge is 0.0797 e. The minimum Gasteiger partial charge on any atom is -0.0797 e. The van der Waals surface area contributed by atoms with Gasteiger partial charge in [0, 0.05) is 0 Å². The molecule has 2 heteroatoms. The summed E-state index contributed by atoms with van der Waals surface area (Å²) in [6, 6.07) is 10.00. The number of allylic oxidation sites excluding steroid dienone is 1. The fourth-order valence-corrected chi connectivity index (χ4v) is 2.80. The van der Waals surface area contributed by atoms with Crippen molar-refractivity contribution >= 4 is 15.6 Å². The Kier molecular flexibility index (Phi) is 4.06. The maximum atomic E-state index is 2.34. The summed E-state index contributed by atoms with van der Waals surface area (Å²) in [4.78, 5) is 0. The molecule has 2 radical (unpaired) electrons. The average molecular weight is 179 g/mol. The van der Waals surface area contributed by atoms with Gasteiger partial charge in [0.1, 0.15) is 0 Å². The van der Waals surface area contributed by atoms with Crippen molar-refractivity contribution in [2.45, 2.75) is 18.5 Å². The molecule has 0 heterocycles. The zero-order chi connectivity index (χ0) is 8.39. The van der Waals surface area contributed by atoms with Crippen molar-refractivity contribution in [3.63, 3.8) is 0 Å². The van der Waals surface area contributed by atoms with E-state index in [1.165, 1.54) is 17.2 Å². The maximum Gasteiger partial charge on any atom is 1.00 e. The summed E-state index contributed by atoms with van der Waals surface area (Å²) in [5.74, 6) is 0. The van der Waals surface area contributed by atoms with Gasteiger partial charge in [-0.15, -0.1) is 0 Å². The summed E-state index contributed by atoms with van der Waals surface area (Å²) in [6.07, 6.45) is 4.59. The first-order chi connectivity index (χ1) is 5.92. The number of fused-ring (bicyclic) bond motifs is 1. The van der Waals surface area contributed by atoms with E-state index >= 15 is 0 Å². The monoisotopic (exact) mass is 179 g/mol. The van der Waals surface area contributed by atoms with Crippen LogP contribution in [0.2, 0.25) is 6.04 Å². The van der Waals surface area contributed by atoms with Crippen molar-refractivity contribution in [2.24, 2.45) is 0 Å². The van der Waals surface area contributed by atoms with Crippen LogP contribution in [0.1, 0.15) is 23.6 Å². The van der Waals surface area contributed by atoms with Gasteiger partial charge in [-0.2, -0.15) is 0 Å². The number of rotatable bonds is 2. The van der Waals surface area contributed by atoms with Crippen LogP contribution in [0.25, 0.3) is 6.08 Å². The predicted molar refractivity (Wildman–Crippen MR) is 54.5 cm³/mol. The van der Waals surface area contributed by atoms with E-state index in [2.05, 4.69) is 43.3 Å². The minimum atomic E-state index is 0. The summed E-state index contributed by atoms with van der Waals surface area (Å²) >= 11 is 0. The topological polar surface area (TPSA) is 0 Å². The zero-order valence-electron chi connectivity index (χ0n) is 8.25. The predicted octanol–water partition coefficient (Wildman–Crippen LogP) is -0.0991. The third-order valence-corrected chi connectivity index (χ3v) is 3.57. The van der Waals surface area contributed by atoms with Crippen LogP contribution < -0.4 is 18.9 Å². The fraction of sp³-hybridized carbons (Fsp3) is 0.273. The second kappa shape index (κ2) is 4.86. The van der Waals surface area contributed by atoms with Gasteiger partial charge in [-0.25, -0.2) is 0 Å². The number of hydrogen-bond acceptors (Lipinski definition) is 0. The Hall–Kier alpha value is -0.226. The quantitative estimate of drug-likeness (QED) is 0.556. The normalized spacial score (nSPS) is 18.1. The first-order valence-corrected chi connectivity index (χ1v) is 5.71. The van der Waals surface area contributed by atoms with Gasteiger partial charge >= 0.3 is 18.9 Å². The van der Waals surface area contributed by atoms with E-state index in [1.54, 1.807) is 0 Å². The van der Waals surface area contributed by atoms with E-state index < -0.39 is 0 Å². The van der Waals surface area contributed by atoms with Gasteiger partial charge in [0.25, 0.3) is 0 Å². The van der Waals surface area contributed by atoms with Crippen LogP contribution in [0, 0.1) is 0 Å². The molecule has 0 N–H and O–H groups in total. The third kappa shape index (κ3) is 2.17. The first kappa shape index (κ1) is 10.9. The fourth-order valence-electron chi connectivity index (χ4n) is 1.65. The average Bonchev–Trinajstić information content (AvgIpc) is 2.50. The largest absolute Gasteiger partial charge is 1.00 e. The van der Waals surface area contributed by atoms with Crippen LogP contribution in [0.4, 0.5) is 0 Å². The number of benzene rings is 1. The molecular weight excluding hydrogens is 167 g/mol. The van der Waals surface area contributed by atoms with E-state index in [0.29, 0.717) is 5.54 Å². The minimum absolute atomic E-state index is 0. The van der Waals surface area contributed by atoms with Crippen molar-refractivity contribution in [3.8, 4) is 0 Å². The Bertz CT molecular complexity index is 307. The van der Waals surface area contributed by atoms with E-state index in [1.807, 2.05) is 0 Å².